The normalized spacial score (nSPS) is 15.6. The lowest BCUT2D eigenvalue weighted by Gasteiger charge is -2.12. The van der Waals surface area contributed by atoms with Crippen molar-refractivity contribution in [3.05, 3.63) is 89.9 Å². The van der Waals surface area contributed by atoms with Crippen molar-refractivity contribution in [1.29, 1.82) is 0 Å². The molecule has 4 heterocycles. The van der Waals surface area contributed by atoms with E-state index in [9.17, 15) is 0 Å². The molecule has 9 heteroatoms. The minimum absolute atomic E-state index is 0.384. The number of fused-ring (bicyclic) bond motifs is 1. The summed E-state index contributed by atoms with van der Waals surface area (Å²) < 4.78 is 14.3. The predicted molar refractivity (Wildman–Crippen MR) is 150 cm³/mol. The van der Waals surface area contributed by atoms with Crippen LogP contribution in [0, 0.1) is 13.8 Å². The summed E-state index contributed by atoms with van der Waals surface area (Å²) >= 11 is 0. The van der Waals surface area contributed by atoms with Crippen LogP contribution in [0.3, 0.4) is 0 Å². The SMILES string of the molecule is Cc1cc(OCc2cnc(C)nc2)cc(Oc2ccc(-n3cc([C@@H]4CCN(C)C4)c4ncnc(N)c43)cc2)c1. The van der Waals surface area contributed by atoms with E-state index in [0.717, 1.165) is 64.7 Å². The van der Waals surface area contributed by atoms with Gasteiger partial charge in [-0.05, 0) is 75.8 Å². The summed E-state index contributed by atoms with van der Waals surface area (Å²) in [6, 6.07) is 13.8. The average molecular weight is 522 g/mol. The molecule has 1 aliphatic heterocycles. The van der Waals surface area contributed by atoms with Gasteiger partial charge in [0.05, 0.1) is 5.52 Å². The number of hydrogen-bond acceptors (Lipinski definition) is 8. The fourth-order valence-electron chi connectivity index (χ4n) is 5.12. The number of likely N-dealkylation sites (N-methyl/N-ethyl adjacent to an activating group) is 1. The summed E-state index contributed by atoms with van der Waals surface area (Å²) in [6.45, 7) is 6.35. The molecule has 0 saturated carbocycles. The molecule has 0 aliphatic carbocycles. The van der Waals surface area contributed by atoms with Gasteiger partial charge in [-0.2, -0.15) is 0 Å². The molecule has 9 nitrogen and oxygen atoms in total. The fourth-order valence-corrected chi connectivity index (χ4v) is 5.12. The number of aromatic nitrogens is 5. The molecule has 0 unspecified atom stereocenters. The second-order valence-electron chi connectivity index (χ2n) is 10.2. The molecule has 6 rings (SSSR count). The van der Waals surface area contributed by atoms with Gasteiger partial charge in [-0.15, -0.1) is 0 Å². The van der Waals surface area contributed by atoms with Crippen LogP contribution in [0.25, 0.3) is 16.7 Å². The number of likely N-dealkylation sites (tertiary alicyclic amines) is 1. The monoisotopic (exact) mass is 521 g/mol. The van der Waals surface area contributed by atoms with E-state index < -0.39 is 0 Å². The summed E-state index contributed by atoms with van der Waals surface area (Å²) in [7, 11) is 2.16. The third-order valence-electron chi connectivity index (χ3n) is 7.08. The first-order valence-corrected chi connectivity index (χ1v) is 13.0. The number of nitrogens with zero attached hydrogens (tertiary/aromatic N) is 6. The average Bonchev–Trinajstić information content (AvgIpc) is 3.53. The quantitative estimate of drug-likeness (QED) is 0.312. The Bertz CT molecular complexity index is 1610. The first-order chi connectivity index (χ1) is 18.9. The van der Waals surface area contributed by atoms with E-state index in [-0.39, 0.29) is 0 Å². The molecule has 1 fully saturated rings. The van der Waals surface area contributed by atoms with Gasteiger partial charge in [0.1, 0.15) is 41.5 Å². The lowest BCUT2D eigenvalue weighted by Crippen LogP contribution is -2.13. The summed E-state index contributed by atoms with van der Waals surface area (Å²) in [5.74, 6) is 3.78. The summed E-state index contributed by atoms with van der Waals surface area (Å²) in [5, 5.41) is 0. The standard InChI is InChI=1S/C30H31N7O2/c1-19-10-25(38-17-21-13-32-20(2)33-14-21)12-26(11-19)39-24-6-4-23(5-7-24)37-16-27(22-8-9-36(3)15-22)28-29(37)30(31)35-18-34-28/h4-7,10-14,16,18,22H,8-9,15,17H2,1-3H3,(H2,31,34,35)/t22-/m1/s1. The zero-order valence-corrected chi connectivity index (χ0v) is 22.3. The van der Waals surface area contributed by atoms with E-state index in [2.05, 4.69) is 42.6 Å². The molecule has 5 aromatic rings. The molecule has 0 radical (unpaired) electrons. The second-order valence-corrected chi connectivity index (χ2v) is 10.2. The van der Waals surface area contributed by atoms with Crippen molar-refractivity contribution in [1.82, 2.24) is 29.4 Å². The Labute approximate surface area is 227 Å². The van der Waals surface area contributed by atoms with Crippen LogP contribution in [0.1, 0.15) is 34.9 Å². The number of nitrogen functional groups attached to an aromatic ring is 1. The van der Waals surface area contributed by atoms with Gasteiger partial charge in [-0.25, -0.2) is 19.9 Å². The molecular weight excluding hydrogens is 490 g/mol. The zero-order chi connectivity index (χ0) is 26.9. The third-order valence-corrected chi connectivity index (χ3v) is 7.08. The molecule has 1 atom stereocenters. The number of aryl methyl sites for hydroxylation is 2. The molecule has 198 valence electrons. The Morgan fingerprint density at radius 3 is 2.46 bits per heavy atom. The van der Waals surface area contributed by atoms with Gasteiger partial charge in [0.25, 0.3) is 0 Å². The van der Waals surface area contributed by atoms with Crippen molar-refractivity contribution in [2.45, 2.75) is 32.8 Å². The van der Waals surface area contributed by atoms with Gasteiger partial charge in [0, 0.05) is 53.9 Å². The molecule has 2 aromatic carbocycles. The minimum Gasteiger partial charge on any atom is -0.489 e. The van der Waals surface area contributed by atoms with Crippen molar-refractivity contribution in [3.8, 4) is 22.9 Å². The Hall–Kier alpha value is -4.50. The van der Waals surface area contributed by atoms with Crippen LogP contribution < -0.4 is 15.2 Å². The van der Waals surface area contributed by atoms with Crippen molar-refractivity contribution >= 4 is 16.9 Å². The van der Waals surface area contributed by atoms with E-state index in [1.807, 2.05) is 56.3 Å². The lowest BCUT2D eigenvalue weighted by atomic mass is 10.0. The molecule has 2 N–H and O–H groups in total. The zero-order valence-electron chi connectivity index (χ0n) is 22.3. The smallest absolute Gasteiger partial charge is 0.151 e. The highest BCUT2D eigenvalue weighted by Gasteiger charge is 2.26. The summed E-state index contributed by atoms with van der Waals surface area (Å²) in [4.78, 5) is 19.7. The number of hydrogen-bond donors (Lipinski definition) is 1. The molecule has 1 aliphatic rings. The van der Waals surface area contributed by atoms with Crippen molar-refractivity contribution in [2.24, 2.45) is 0 Å². The van der Waals surface area contributed by atoms with Crippen LogP contribution in [0.2, 0.25) is 0 Å². The first kappa shape index (κ1) is 24.8. The van der Waals surface area contributed by atoms with Crippen LogP contribution in [-0.2, 0) is 6.61 Å². The van der Waals surface area contributed by atoms with Crippen LogP contribution in [0.5, 0.6) is 17.2 Å². The van der Waals surface area contributed by atoms with Crippen molar-refractivity contribution < 1.29 is 9.47 Å². The second kappa shape index (κ2) is 10.3. The van der Waals surface area contributed by atoms with Gasteiger partial charge in [0.15, 0.2) is 5.82 Å². The third kappa shape index (κ3) is 5.26. The van der Waals surface area contributed by atoms with Crippen molar-refractivity contribution in [3.63, 3.8) is 0 Å². The largest absolute Gasteiger partial charge is 0.489 e. The van der Waals surface area contributed by atoms with Crippen LogP contribution in [0.4, 0.5) is 5.82 Å². The minimum atomic E-state index is 0.384. The van der Waals surface area contributed by atoms with E-state index in [4.69, 9.17) is 15.2 Å². The van der Waals surface area contributed by atoms with Crippen LogP contribution >= 0.6 is 0 Å². The topological polar surface area (TPSA) is 104 Å². The van der Waals surface area contributed by atoms with Crippen LogP contribution in [0.15, 0.2) is 67.4 Å². The molecule has 0 bridgehead atoms. The maximum atomic E-state index is 6.34. The van der Waals surface area contributed by atoms with Crippen molar-refractivity contribution in [2.75, 3.05) is 25.9 Å². The van der Waals surface area contributed by atoms with Gasteiger partial charge in [-0.1, -0.05) is 0 Å². The fraction of sp³-hybridized carbons (Fsp3) is 0.267. The van der Waals surface area contributed by atoms with Gasteiger partial charge >= 0.3 is 0 Å². The van der Waals surface area contributed by atoms with E-state index in [1.54, 1.807) is 18.7 Å². The molecular formula is C30H31N7O2. The molecule has 39 heavy (non-hydrogen) atoms. The Morgan fingerprint density at radius 2 is 1.72 bits per heavy atom. The maximum absolute atomic E-state index is 6.34. The van der Waals surface area contributed by atoms with Gasteiger partial charge in [0.2, 0.25) is 0 Å². The highest BCUT2D eigenvalue weighted by Crippen LogP contribution is 2.36. The number of anilines is 1. The highest BCUT2D eigenvalue weighted by molar-refractivity contribution is 5.90. The van der Waals surface area contributed by atoms with Gasteiger partial charge < -0.3 is 24.7 Å². The Kier molecular flexibility index (Phi) is 6.58. The number of benzene rings is 2. The lowest BCUT2D eigenvalue weighted by molar-refractivity contribution is 0.303. The molecule has 3 aromatic heterocycles. The first-order valence-electron chi connectivity index (χ1n) is 13.0. The van der Waals surface area contributed by atoms with E-state index in [1.165, 1.54) is 5.56 Å². The van der Waals surface area contributed by atoms with E-state index in [0.29, 0.717) is 24.1 Å². The molecule has 0 spiro atoms. The summed E-state index contributed by atoms with van der Waals surface area (Å²) in [5.41, 5.74) is 12.2. The maximum Gasteiger partial charge on any atom is 0.151 e. The summed E-state index contributed by atoms with van der Waals surface area (Å²) in [6.07, 6.45) is 8.38. The Balaban J connectivity index is 1.22. The number of ether oxygens (including phenoxy) is 2. The highest BCUT2D eigenvalue weighted by atomic mass is 16.5. The van der Waals surface area contributed by atoms with Gasteiger partial charge in [-0.3, -0.25) is 0 Å². The predicted octanol–water partition coefficient (Wildman–Crippen LogP) is 5.20. The Morgan fingerprint density at radius 1 is 0.949 bits per heavy atom. The molecule has 0 amide bonds. The number of rotatable bonds is 7. The molecule has 1 saturated heterocycles. The number of nitrogens with two attached hydrogens (primary N) is 1. The van der Waals surface area contributed by atoms with E-state index >= 15 is 0 Å². The van der Waals surface area contributed by atoms with Crippen LogP contribution in [-0.4, -0.2) is 49.5 Å².